The molecule has 0 spiro atoms. The number of nitrogens with zero attached hydrogens (tertiary/aromatic N) is 2. The van der Waals surface area contributed by atoms with Crippen LogP contribution < -0.4 is 9.13 Å². The Labute approximate surface area is 248 Å². The van der Waals surface area contributed by atoms with Crippen LogP contribution in [0.2, 0.25) is 0 Å². The summed E-state index contributed by atoms with van der Waals surface area (Å²) < 4.78 is 125. The molecule has 0 unspecified atom stereocenters. The Morgan fingerprint density at radius 1 is 0.405 bits per heavy atom. The normalized spacial score (nSPS) is 14.9. The van der Waals surface area contributed by atoms with E-state index in [0.29, 0.717) is 0 Å². The molecule has 2 aromatic carbocycles. The van der Waals surface area contributed by atoms with Crippen LogP contribution in [0.25, 0.3) is 11.1 Å². The summed E-state index contributed by atoms with van der Waals surface area (Å²) in [7, 11) is -21.3. The Kier molecular flexibility index (Phi) is 9.69. The van der Waals surface area contributed by atoms with Crippen molar-refractivity contribution in [3.63, 3.8) is 0 Å². The second kappa shape index (κ2) is 11.3. The molecule has 0 saturated heterocycles. The maximum atomic E-state index is 9.87. The zero-order valence-electron chi connectivity index (χ0n) is 20.7. The average Bonchev–Trinajstić information content (AvgIpc) is 2.79. The van der Waals surface area contributed by atoms with Gasteiger partial charge in [0.15, 0.2) is 37.9 Å². The Balaban J connectivity index is 0.000000367. The van der Waals surface area contributed by atoms with Gasteiger partial charge in [0.25, 0.3) is 0 Å². The van der Waals surface area contributed by atoms with Crippen LogP contribution in [0.3, 0.4) is 0 Å². The molecule has 18 heteroatoms. The fourth-order valence-electron chi connectivity index (χ4n) is 3.11. The molecular weight excluding hydrogens is 766 g/mol. The molecule has 2 heterocycles. The Hall–Kier alpha value is -2.28. The van der Waals surface area contributed by atoms with Gasteiger partial charge in [0.2, 0.25) is 0 Å². The molecule has 0 fully saturated rings. The van der Waals surface area contributed by atoms with E-state index in [4.69, 9.17) is 0 Å². The molecular formula is C24H20Br2F12N2P2. The van der Waals surface area contributed by atoms with Gasteiger partial charge < -0.3 is 0 Å². The van der Waals surface area contributed by atoms with E-state index >= 15 is 0 Å². The van der Waals surface area contributed by atoms with E-state index in [1.54, 1.807) is 0 Å². The van der Waals surface area contributed by atoms with E-state index in [0.717, 1.165) is 22.0 Å². The quantitative estimate of drug-likeness (QED) is 0.108. The van der Waals surface area contributed by atoms with Crippen molar-refractivity contribution < 1.29 is 59.5 Å². The topological polar surface area (TPSA) is 7.76 Å². The summed E-state index contributed by atoms with van der Waals surface area (Å²) in [5.74, 6) is 0. The Morgan fingerprint density at radius 3 is 0.833 bits per heavy atom. The van der Waals surface area contributed by atoms with Crippen molar-refractivity contribution in [1.29, 1.82) is 0 Å². The van der Waals surface area contributed by atoms with Gasteiger partial charge in [0.05, 0.1) is 0 Å². The number of rotatable bonds is 5. The first-order chi connectivity index (χ1) is 18.6. The standard InChI is InChI=1S/C24H20Br2N2.2F6P/c25-23-5-1-19(2-6-23)17-27-13-9-21(10-14-27)22-11-15-28(16-12-22)18-20-3-7-24(26)8-4-20;2*1-7(2,3,4,5)6/h1-16H,17-18H2;;/q+2;2*-1. The van der Waals surface area contributed by atoms with E-state index in [2.05, 4.69) is 139 Å². The third-order valence-corrected chi connectivity index (χ3v) is 5.73. The predicted octanol–water partition coefficient (Wildman–Crippen LogP) is 12.3. The number of hydrogen-bond donors (Lipinski definition) is 0. The molecule has 0 aliphatic carbocycles. The van der Waals surface area contributed by atoms with Gasteiger partial charge >= 0.3 is 66.0 Å². The van der Waals surface area contributed by atoms with Crippen LogP contribution in [0.1, 0.15) is 11.1 Å². The fraction of sp³-hybridized carbons (Fsp3) is 0.0833. The van der Waals surface area contributed by atoms with E-state index < -0.39 is 15.6 Å². The molecule has 0 radical (unpaired) electrons. The first-order valence-electron chi connectivity index (χ1n) is 11.2. The van der Waals surface area contributed by atoms with E-state index in [9.17, 15) is 50.4 Å². The first-order valence-corrected chi connectivity index (χ1v) is 16.8. The van der Waals surface area contributed by atoms with Crippen molar-refractivity contribution in [2.24, 2.45) is 0 Å². The summed E-state index contributed by atoms with van der Waals surface area (Å²) in [6, 6.07) is 25.6. The summed E-state index contributed by atoms with van der Waals surface area (Å²) in [5.41, 5.74) is 5.02. The molecule has 4 aromatic rings. The molecule has 2 aromatic heterocycles. The van der Waals surface area contributed by atoms with Gasteiger partial charge in [-0.15, -0.1) is 0 Å². The average molecular weight is 786 g/mol. The number of pyridine rings is 2. The summed E-state index contributed by atoms with van der Waals surface area (Å²) in [6.07, 6.45) is 8.56. The number of benzene rings is 2. The van der Waals surface area contributed by atoms with Gasteiger partial charge in [-0.1, -0.05) is 56.1 Å². The second-order valence-corrected chi connectivity index (χ2v) is 14.4. The maximum absolute atomic E-state index is 10.7. The third-order valence-electron chi connectivity index (χ3n) is 4.67. The van der Waals surface area contributed by atoms with Gasteiger partial charge in [-0.05, 0) is 35.4 Å². The third kappa shape index (κ3) is 20.6. The van der Waals surface area contributed by atoms with Crippen LogP contribution in [-0.2, 0) is 13.1 Å². The second-order valence-electron chi connectivity index (χ2n) is 8.69. The Morgan fingerprint density at radius 2 is 0.619 bits per heavy atom. The van der Waals surface area contributed by atoms with Crippen LogP contribution in [-0.4, -0.2) is 0 Å². The molecule has 0 N–H and O–H groups in total. The molecule has 4 rings (SSSR count). The molecule has 2 nitrogen and oxygen atoms in total. The summed E-state index contributed by atoms with van der Waals surface area (Å²) in [4.78, 5) is 0. The molecule has 42 heavy (non-hydrogen) atoms. The first kappa shape index (κ1) is 35.9. The summed E-state index contributed by atoms with van der Waals surface area (Å²) in [6.45, 7) is 1.74. The fourth-order valence-corrected chi connectivity index (χ4v) is 3.64. The van der Waals surface area contributed by atoms with Crippen LogP contribution in [0.4, 0.5) is 50.4 Å². The predicted molar refractivity (Wildman–Crippen MR) is 146 cm³/mol. The molecule has 0 aliphatic rings. The van der Waals surface area contributed by atoms with Crippen LogP contribution >= 0.6 is 47.5 Å². The van der Waals surface area contributed by atoms with Crippen LogP contribution in [0, 0.1) is 0 Å². The monoisotopic (exact) mass is 784 g/mol. The van der Waals surface area contributed by atoms with Crippen molar-refractivity contribution in [3.8, 4) is 11.1 Å². The minimum absolute atomic E-state index is 0.871. The van der Waals surface area contributed by atoms with E-state index in [-0.39, 0.29) is 0 Å². The molecule has 234 valence electrons. The Bertz CT molecular complexity index is 1340. The van der Waals surface area contributed by atoms with Crippen molar-refractivity contribution >= 4 is 47.5 Å². The SMILES string of the molecule is Brc1ccc(C[n+]2ccc(-c3cc[n+](Cc4ccc(Br)cc4)cc3)cc2)cc1.F[P-](F)(F)(F)(F)F.F[P-](F)(F)(F)(F)F. The van der Waals surface area contributed by atoms with E-state index in [1.165, 1.54) is 22.3 Å². The van der Waals surface area contributed by atoms with Crippen molar-refractivity contribution in [3.05, 3.63) is 118 Å². The molecule has 0 aliphatic heterocycles. The van der Waals surface area contributed by atoms with Crippen LogP contribution in [0.5, 0.6) is 0 Å². The van der Waals surface area contributed by atoms with Gasteiger partial charge in [0, 0.05) is 44.3 Å². The molecule has 0 bridgehead atoms. The molecule has 0 saturated carbocycles. The number of aromatic nitrogens is 2. The van der Waals surface area contributed by atoms with Crippen LogP contribution in [0.15, 0.2) is 107 Å². The number of hydrogen-bond acceptors (Lipinski definition) is 0. The van der Waals surface area contributed by atoms with Gasteiger partial charge in [-0.3, -0.25) is 0 Å². The number of halogens is 14. The minimum atomic E-state index is -10.7. The van der Waals surface area contributed by atoms with Crippen molar-refractivity contribution in [2.45, 2.75) is 13.1 Å². The van der Waals surface area contributed by atoms with Gasteiger partial charge in [0.1, 0.15) is 0 Å². The molecule has 0 atom stereocenters. The summed E-state index contributed by atoms with van der Waals surface area (Å²) >= 11 is 6.96. The summed E-state index contributed by atoms with van der Waals surface area (Å²) in [5, 5.41) is 0. The van der Waals surface area contributed by atoms with Crippen molar-refractivity contribution in [1.82, 2.24) is 0 Å². The molecule has 0 amide bonds. The zero-order valence-corrected chi connectivity index (χ0v) is 25.7. The zero-order chi connectivity index (χ0) is 32.2. The van der Waals surface area contributed by atoms with Gasteiger partial charge in [-0.25, -0.2) is 9.13 Å². The van der Waals surface area contributed by atoms with E-state index in [1.807, 2.05) is 0 Å². The van der Waals surface area contributed by atoms with Crippen molar-refractivity contribution in [2.75, 3.05) is 0 Å². The van der Waals surface area contributed by atoms with Gasteiger partial charge in [-0.2, -0.15) is 0 Å².